The standard InChI is InChI=1S/C16H15Cl2N5O/c1-10-13(16(18)22(2)21-10)4-6-15(24)19-7-12-9-23-8-11(17)3-5-14(23)20-12/h3-6,8-9H,7H2,1-2H3,(H,19,24)/b6-4+. The monoisotopic (exact) mass is 363 g/mol. The number of hydrogen-bond donors (Lipinski definition) is 1. The molecule has 0 radical (unpaired) electrons. The van der Waals surface area contributed by atoms with Crippen molar-refractivity contribution in [1.82, 2.24) is 24.5 Å². The first-order chi connectivity index (χ1) is 11.4. The van der Waals surface area contributed by atoms with Crippen molar-refractivity contribution in [3.63, 3.8) is 0 Å². The highest BCUT2D eigenvalue weighted by Gasteiger charge is 2.08. The number of fused-ring (bicyclic) bond motifs is 1. The van der Waals surface area contributed by atoms with Crippen molar-refractivity contribution in [1.29, 1.82) is 0 Å². The number of imidazole rings is 1. The molecule has 0 aliphatic heterocycles. The summed E-state index contributed by atoms with van der Waals surface area (Å²) in [5, 5.41) is 8.10. The van der Waals surface area contributed by atoms with E-state index < -0.39 is 0 Å². The van der Waals surface area contributed by atoms with Gasteiger partial charge >= 0.3 is 0 Å². The third-order valence-corrected chi connectivity index (χ3v) is 4.18. The summed E-state index contributed by atoms with van der Waals surface area (Å²) in [4.78, 5) is 16.4. The fourth-order valence-corrected chi connectivity index (χ4v) is 2.74. The van der Waals surface area contributed by atoms with E-state index >= 15 is 0 Å². The van der Waals surface area contributed by atoms with Crippen LogP contribution in [0.4, 0.5) is 0 Å². The second-order valence-corrected chi connectivity index (χ2v) is 6.10. The molecule has 6 nitrogen and oxygen atoms in total. The van der Waals surface area contributed by atoms with Crippen LogP contribution in [0.3, 0.4) is 0 Å². The van der Waals surface area contributed by atoms with Crippen molar-refractivity contribution in [3.05, 3.63) is 57.7 Å². The lowest BCUT2D eigenvalue weighted by Gasteiger charge is -1.98. The van der Waals surface area contributed by atoms with Crippen molar-refractivity contribution in [3.8, 4) is 0 Å². The number of hydrogen-bond acceptors (Lipinski definition) is 3. The first-order valence-electron chi connectivity index (χ1n) is 7.22. The van der Waals surface area contributed by atoms with Crippen LogP contribution in [0, 0.1) is 6.92 Å². The normalized spacial score (nSPS) is 11.5. The Kier molecular flexibility index (Phi) is 4.59. The van der Waals surface area contributed by atoms with Crippen LogP contribution >= 0.6 is 23.2 Å². The average molecular weight is 364 g/mol. The molecule has 3 aromatic heterocycles. The Hall–Kier alpha value is -2.31. The molecule has 0 fully saturated rings. The number of amides is 1. The van der Waals surface area contributed by atoms with E-state index in [2.05, 4.69) is 15.4 Å². The van der Waals surface area contributed by atoms with Gasteiger partial charge in [-0.25, -0.2) is 4.98 Å². The first kappa shape index (κ1) is 16.5. The van der Waals surface area contributed by atoms with Crippen molar-refractivity contribution < 1.29 is 4.79 Å². The van der Waals surface area contributed by atoms with Crippen LogP contribution in [-0.2, 0) is 18.4 Å². The maximum atomic E-state index is 12.0. The molecule has 0 saturated carbocycles. The number of rotatable bonds is 4. The van der Waals surface area contributed by atoms with Gasteiger partial charge in [0, 0.05) is 31.1 Å². The molecular weight excluding hydrogens is 349 g/mol. The Bertz CT molecular complexity index is 941. The zero-order chi connectivity index (χ0) is 17.3. The molecule has 1 N–H and O–H groups in total. The Morgan fingerprint density at radius 2 is 2.12 bits per heavy atom. The van der Waals surface area contributed by atoms with Crippen LogP contribution in [0.15, 0.2) is 30.6 Å². The number of pyridine rings is 1. The lowest BCUT2D eigenvalue weighted by molar-refractivity contribution is -0.116. The molecule has 0 bridgehead atoms. The summed E-state index contributed by atoms with van der Waals surface area (Å²) in [5.74, 6) is -0.232. The number of nitrogens with one attached hydrogen (secondary N) is 1. The number of aryl methyl sites for hydroxylation is 2. The van der Waals surface area contributed by atoms with Gasteiger partial charge in [0.25, 0.3) is 0 Å². The van der Waals surface area contributed by atoms with Crippen LogP contribution in [0.5, 0.6) is 0 Å². The summed E-state index contributed by atoms with van der Waals surface area (Å²) in [5.41, 5.74) is 3.02. The summed E-state index contributed by atoms with van der Waals surface area (Å²) in [6, 6.07) is 3.59. The Labute approximate surface area is 148 Å². The fraction of sp³-hybridized carbons (Fsp3) is 0.188. The molecule has 0 unspecified atom stereocenters. The van der Waals surface area contributed by atoms with Crippen LogP contribution in [0.25, 0.3) is 11.7 Å². The molecule has 0 atom stereocenters. The number of halogens is 2. The highest BCUT2D eigenvalue weighted by atomic mass is 35.5. The number of nitrogens with zero attached hydrogens (tertiary/aromatic N) is 4. The van der Waals surface area contributed by atoms with Crippen LogP contribution in [0.2, 0.25) is 10.2 Å². The molecule has 3 rings (SSSR count). The van der Waals surface area contributed by atoms with E-state index in [0.717, 1.165) is 22.6 Å². The molecule has 0 spiro atoms. The van der Waals surface area contributed by atoms with Gasteiger partial charge < -0.3 is 9.72 Å². The Balaban J connectivity index is 1.65. The molecule has 0 aromatic carbocycles. The summed E-state index contributed by atoms with van der Waals surface area (Å²) in [7, 11) is 1.75. The second-order valence-electron chi connectivity index (χ2n) is 5.31. The third kappa shape index (κ3) is 3.44. The number of carbonyl (C=O) groups excluding carboxylic acids is 1. The minimum Gasteiger partial charge on any atom is -0.347 e. The molecule has 24 heavy (non-hydrogen) atoms. The zero-order valence-corrected chi connectivity index (χ0v) is 14.6. The van der Waals surface area contributed by atoms with Gasteiger partial charge in [0.15, 0.2) is 0 Å². The Morgan fingerprint density at radius 1 is 1.33 bits per heavy atom. The largest absolute Gasteiger partial charge is 0.347 e. The van der Waals surface area contributed by atoms with Crippen molar-refractivity contribution in [2.75, 3.05) is 0 Å². The summed E-state index contributed by atoms with van der Waals surface area (Å²) in [6.07, 6.45) is 6.68. The average Bonchev–Trinajstić information content (AvgIpc) is 3.04. The molecule has 1 amide bonds. The molecule has 3 aromatic rings. The van der Waals surface area contributed by atoms with E-state index in [0.29, 0.717) is 16.7 Å². The van der Waals surface area contributed by atoms with E-state index in [4.69, 9.17) is 23.2 Å². The smallest absolute Gasteiger partial charge is 0.244 e. The van der Waals surface area contributed by atoms with Gasteiger partial charge in [-0.3, -0.25) is 9.48 Å². The predicted octanol–water partition coefficient (Wildman–Crippen LogP) is 3.01. The summed E-state index contributed by atoms with van der Waals surface area (Å²) in [6.45, 7) is 2.16. The van der Waals surface area contributed by atoms with Gasteiger partial charge in [0.1, 0.15) is 10.8 Å². The molecule has 124 valence electrons. The first-order valence-corrected chi connectivity index (χ1v) is 7.98. The lowest BCUT2D eigenvalue weighted by atomic mass is 10.2. The highest BCUT2D eigenvalue weighted by Crippen LogP contribution is 2.19. The van der Waals surface area contributed by atoms with Crippen LogP contribution < -0.4 is 5.32 Å². The van der Waals surface area contributed by atoms with Gasteiger partial charge in [-0.2, -0.15) is 5.10 Å². The van der Waals surface area contributed by atoms with E-state index in [1.54, 1.807) is 30.1 Å². The minimum atomic E-state index is -0.232. The van der Waals surface area contributed by atoms with Crippen LogP contribution in [0.1, 0.15) is 17.0 Å². The predicted molar refractivity (Wildman–Crippen MR) is 94.0 cm³/mol. The van der Waals surface area contributed by atoms with Crippen LogP contribution in [-0.4, -0.2) is 25.1 Å². The number of carbonyl (C=O) groups is 1. The maximum Gasteiger partial charge on any atom is 0.244 e. The summed E-state index contributed by atoms with van der Waals surface area (Å²) >= 11 is 12.1. The van der Waals surface area contributed by atoms with Crippen molar-refractivity contribution in [2.45, 2.75) is 13.5 Å². The van der Waals surface area contributed by atoms with Crippen molar-refractivity contribution in [2.24, 2.45) is 7.05 Å². The van der Waals surface area contributed by atoms with E-state index in [1.165, 1.54) is 6.08 Å². The quantitative estimate of drug-likeness (QED) is 0.724. The molecule has 8 heteroatoms. The van der Waals surface area contributed by atoms with Gasteiger partial charge in [-0.15, -0.1) is 0 Å². The summed E-state index contributed by atoms with van der Waals surface area (Å²) < 4.78 is 3.38. The van der Waals surface area contributed by atoms with Gasteiger partial charge in [0.2, 0.25) is 5.91 Å². The third-order valence-electron chi connectivity index (χ3n) is 3.51. The topological polar surface area (TPSA) is 64.2 Å². The molecule has 0 saturated heterocycles. The fourth-order valence-electron chi connectivity index (χ4n) is 2.33. The van der Waals surface area contributed by atoms with E-state index in [1.807, 2.05) is 23.6 Å². The van der Waals surface area contributed by atoms with E-state index in [-0.39, 0.29) is 5.91 Å². The highest BCUT2D eigenvalue weighted by molar-refractivity contribution is 6.31. The Morgan fingerprint density at radius 3 is 2.83 bits per heavy atom. The van der Waals surface area contributed by atoms with Gasteiger partial charge in [-0.05, 0) is 25.1 Å². The van der Waals surface area contributed by atoms with Crippen molar-refractivity contribution >= 4 is 40.8 Å². The molecule has 3 heterocycles. The van der Waals surface area contributed by atoms with E-state index in [9.17, 15) is 4.79 Å². The molecule has 0 aliphatic carbocycles. The van der Waals surface area contributed by atoms with Gasteiger partial charge in [-0.1, -0.05) is 23.2 Å². The second kappa shape index (κ2) is 6.67. The maximum absolute atomic E-state index is 12.0. The zero-order valence-electron chi connectivity index (χ0n) is 13.1. The molecular formula is C16H15Cl2N5O. The number of aromatic nitrogens is 4. The minimum absolute atomic E-state index is 0.232. The lowest BCUT2D eigenvalue weighted by Crippen LogP contribution is -2.20. The molecule has 0 aliphatic rings. The van der Waals surface area contributed by atoms with Gasteiger partial charge in [0.05, 0.1) is 23.0 Å². The SMILES string of the molecule is Cc1nn(C)c(Cl)c1/C=C/C(=O)NCc1cn2cc(Cl)ccc2n1.